The van der Waals surface area contributed by atoms with Crippen molar-refractivity contribution in [1.29, 1.82) is 0 Å². The molecule has 0 aromatic carbocycles. The Kier molecular flexibility index (Phi) is 37.8. The van der Waals surface area contributed by atoms with Gasteiger partial charge in [0.25, 0.3) is 0 Å². The highest BCUT2D eigenvalue weighted by molar-refractivity contribution is 5.80. The Balaban J connectivity index is 2.14. The van der Waals surface area contributed by atoms with Crippen LogP contribution < -0.4 is 5.32 Å². The number of carbonyl (C=O) groups is 1. The van der Waals surface area contributed by atoms with Crippen molar-refractivity contribution in [1.82, 2.24) is 5.32 Å². The number of ether oxygens (including phenoxy) is 2. The van der Waals surface area contributed by atoms with Crippen LogP contribution in [-0.4, -0.2) is 110 Å². The number of unbranched alkanes of at least 4 members (excludes halogenated alkanes) is 31. The molecule has 60 heavy (non-hydrogen) atoms. The molecule has 11 heteroatoms. The second-order valence-electron chi connectivity index (χ2n) is 18.3. The van der Waals surface area contributed by atoms with E-state index in [4.69, 9.17) is 9.47 Å². The smallest absolute Gasteiger partial charge is 0.249 e. The lowest BCUT2D eigenvalue weighted by molar-refractivity contribution is -0.303. The van der Waals surface area contributed by atoms with Crippen molar-refractivity contribution in [3.8, 4) is 0 Å². The van der Waals surface area contributed by atoms with Crippen LogP contribution in [0.5, 0.6) is 0 Å². The van der Waals surface area contributed by atoms with E-state index >= 15 is 0 Å². The predicted octanol–water partition coefficient (Wildman–Crippen LogP) is 9.06. The minimum absolute atomic E-state index is 0.266. The predicted molar refractivity (Wildman–Crippen MR) is 243 cm³/mol. The van der Waals surface area contributed by atoms with Gasteiger partial charge in [-0.1, -0.05) is 226 Å². The highest BCUT2D eigenvalue weighted by atomic mass is 16.7. The normalized spacial score (nSPS) is 21.5. The summed E-state index contributed by atoms with van der Waals surface area (Å²) in [6, 6.07) is -1.16. The molecule has 0 aromatic rings. The number of aliphatic hydroxyl groups is 7. The number of amides is 1. The van der Waals surface area contributed by atoms with Crippen molar-refractivity contribution in [2.45, 2.75) is 294 Å². The first-order valence-electron chi connectivity index (χ1n) is 25.4. The molecule has 0 bridgehead atoms. The van der Waals surface area contributed by atoms with Gasteiger partial charge >= 0.3 is 0 Å². The van der Waals surface area contributed by atoms with E-state index in [2.05, 4.69) is 19.2 Å². The molecule has 1 fully saturated rings. The second kappa shape index (κ2) is 39.7. The molecule has 358 valence electrons. The van der Waals surface area contributed by atoms with Gasteiger partial charge in [-0.25, -0.2) is 0 Å². The van der Waals surface area contributed by atoms with Gasteiger partial charge in [-0.15, -0.1) is 0 Å². The average molecular weight is 860 g/mol. The Morgan fingerprint density at radius 3 is 1.23 bits per heavy atom. The molecule has 0 aromatic heterocycles. The van der Waals surface area contributed by atoms with E-state index in [1.165, 1.54) is 154 Å². The van der Waals surface area contributed by atoms with Crippen LogP contribution in [0.2, 0.25) is 0 Å². The molecular weight excluding hydrogens is 763 g/mol. The molecule has 0 radical (unpaired) electrons. The minimum Gasteiger partial charge on any atom is -0.394 e. The van der Waals surface area contributed by atoms with Crippen molar-refractivity contribution in [2.75, 3.05) is 13.2 Å². The summed E-state index contributed by atoms with van der Waals surface area (Å²) in [4.78, 5) is 13.0. The molecule has 1 amide bonds. The molecule has 1 aliphatic heterocycles. The molecule has 11 nitrogen and oxygen atoms in total. The zero-order chi connectivity index (χ0) is 44.1. The summed E-state index contributed by atoms with van der Waals surface area (Å²) in [5.41, 5.74) is 0. The Labute approximate surface area is 367 Å². The third-order valence-corrected chi connectivity index (χ3v) is 12.7. The monoisotopic (exact) mass is 860 g/mol. The van der Waals surface area contributed by atoms with Crippen molar-refractivity contribution < 1.29 is 50.0 Å². The summed E-state index contributed by atoms with van der Waals surface area (Å²) in [5, 5.41) is 75.1. The zero-order valence-electron chi connectivity index (χ0n) is 38.7. The summed E-state index contributed by atoms with van der Waals surface area (Å²) in [6.45, 7) is 3.35. The van der Waals surface area contributed by atoms with Crippen LogP contribution in [0.3, 0.4) is 0 Å². The van der Waals surface area contributed by atoms with Crippen molar-refractivity contribution >= 4 is 5.91 Å². The standard InChI is InChI=1S/C49H97NO10/c1-3-5-7-9-10-11-12-13-14-15-16-17-18-19-20-21-22-23-24-25-26-27-28-29-30-31-33-35-37-42(53)48(58)50-40(44(54)41(52)36-34-32-8-6-4-2)39-59-49-47(57)46(56)45(55)43(38-51)60-49/h40-47,49,51-57H,3-39H2,1-2H3,(H,50,58). The van der Waals surface area contributed by atoms with Gasteiger partial charge < -0.3 is 50.5 Å². The maximum absolute atomic E-state index is 13.0. The van der Waals surface area contributed by atoms with Crippen LogP contribution in [0.15, 0.2) is 0 Å². The van der Waals surface area contributed by atoms with Gasteiger partial charge in [-0.3, -0.25) is 4.79 Å². The molecule has 0 saturated carbocycles. The highest BCUT2D eigenvalue weighted by Crippen LogP contribution is 2.23. The Morgan fingerprint density at radius 1 is 0.517 bits per heavy atom. The van der Waals surface area contributed by atoms with Gasteiger partial charge in [-0.05, 0) is 12.8 Å². The summed E-state index contributed by atoms with van der Waals surface area (Å²) in [5.74, 6) is -0.698. The molecule has 0 spiro atoms. The van der Waals surface area contributed by atoms with Gasteiger partial charge in [0.2, 0.25) is 5.91 Å². The lowest BCUT2D eigenvalue weighted by Crippen LogP contribution is -2.60. The second-order valence-corrected chi connectivity index (χ2v) is 18.3. The third kappa shape index (κ3) is 28.7. The number of hydrogen-bond donors (Lipinski definition) is 8. The van der Waals surface area contributed by atoms with Crippen LogP contribution in [0.4, 0.5) is 0 Å². The lowest BCUT2D eigenvalue weighted by Gasteiger charge is -2.40. The van der Waals surface area contributed by atoms with Gasteiger partial charge in [0.15, 0.2) is 6.29 Å². The first-order valence-corrected chi connectivity index (χ1v) is 25.4. The Bertz CT molecular complexity index is 944. The SMILES string of the molecule is CCCCCCCCCCCCCCCCCCCCCCCCCCCCCCC(O)C(=O)NC(COC1OC(CO)C(O)C(O)C1O)C(O)C(O)CCCCCCC. The van der Waals surface area contributed by atoms with E-state index in [1.807, 2.05) is 0 Å². The Hall–Kier alpha value is -0.890. The fourth-order valence-electron chi connectivity index (χ4n) is 8.44. The average Bonchev–Trinajstić information content (AvgIpc) is 3.25. The van der Waals surface area contributed by atoms with Gasteiger partial charge in [0.05, 0.1) is 25.4 Å². The number of aliphatic hydroxyl groups excluding tert-OH is 7. The highest BCUT2D eigenvalue weighted by Gasteiger charge is 2.44. The number of rotatable bonds is 43. The topological polar surface area (TPSA) is 189 Å². The fraction of sp³-hybridized carbons (Fsp3) is 0.980. The van der Waals surface area contributed by atoms with Crippen molar-refractivity contribution in [3.05, 3.63) is 0 Å². The molecule has 1 heterocycles. The van der Waals surface area contributed by atoms with E-state index in [0.717, 1.165) is 44.9 Å². The van der Waals surface area contributed by atoms with E-state index in [1.54, 1.807) is 0 Å². The van der Waals surface area contributed by atoms with E-state index in [-0.39, 0.29) is 6.42 Å². The largest absolute Gasteiger partial charge is 0.394 e. The summed E-state index contributed by atoms with van der Waals surface area (Å²) < 4.78 is 11.0. The zero-order valence-corrected chi connectivity index (χ0v) is 38.7. The molecule has 1 saturated heterocycles. The molecule has 1 rings (SSSR count). The Morgan fingerprint density at radius 2 is 0.867 bits per heavy atom. The number of hydrogen-bond acceptors (Lipinski definition) is 10. The van der Waals surface area contributed by atoms with Crippen LogP contribution in [0.1, 0.15) is 239 Å². The molecule has 9 unspecified atom stereocenters. The first-order chi connectivity index (χ1) is 29.2. The van der Waals surface area contributed by atoms with Crippen LogP contribution >= 0.6 is 0 Å². The molecular formula is C49H97NO10. The quantitative estimate of drug-likeness (QED) is 0.0275. The van der Waals surface area contributed by atoms with Crippen molar-refractivity contribution in [3.63, 3.8) is 0 Å². The van der Waals surface area contributed by atoms with E-state index in [9.17, 15) is 40.5 Å². The molecule has 0 aliphatic carbocycles. The van der Waals surface area contributed by atoms with Gasteiger partial charge in [-0.2, -0.15) is 0 Å². The van der Waals surface area contributed by atoms with Crippen LogP contribution in [0, 0.1) is 0 Å². The number of carbonyl (C=O) groups excluding carboxylic acids is 1. The summed E-state index contributed by atoms with van der Waals surface area (Å²) >= 11 is 0. The lowest BCUT2D eigenvalue weighted by atomic mass is 9.98. The van der Waals surface area contributed by atoms with E-state index in [0.29, 0.717) is 19.3 Å². The number of nitrogens with one attached hydrogen (secondary N) is 1. The van der Waals surface area contributed by atoms with Crippen LogP contribution in [-0.2, 0) is 14.3 Å². The minimum atomic E-state index is -1.65. The summed E-state index contributed by atoms with van der Waals surface area (Å²) in [7, 11) is 0. The maximum atomic E-state index is 13.0. The maximum Gasteiger partial charge on any atom is 0.249 e. The molecule has 1 aliphatic rings. The summed E-state index contributed by atoms with van der Waals surface area (Å²) in [6.07, 6.45) is 31.0. The fourth-order valence-corrected chi connectivity index (χ4v) is 8.44. The van der Waals surface area contributed by atoms with E-state index < -0.39 is 74.2 Å². The van der Waals surface area contributed by atoms with Crippen LogP contribution in [0.25, 0.3) is 0 Å². The first kappa shape index (κ1) is 57.1. The molecule has 9 atom stereocenters. The van der Waals surface area contributed by atoms with Gasteiger partial charge in [0.1, 0.15) is 36.6 Å². The van der Waals surface area contributed by atoms with Gasteiger partial charge in [0, 0.05) is 0 Å². The molecule has 8 N–H and O–H groups in total. The third-order valence-electron chi connectivity index (χ3n) is 12.7. The van der Waals surface area contributed by atoms with Crippen molar-refractivity contribution in [2.24, 2.45) is 0 Å².